The van der Waals surface area contributed by atoms with Gasteiger partial charge < -0.3 is 24.6 Å². The van der Waals surface area contributed by atoms with Crippen LogP contribution in [0.25, 0.3) is 0 Å². The highest BCUT2D eigenvalue weighted by atomic mass is 16.5. The van der Waals surface area contributed by atoms with Gasteiger partial charge in [0.15, 0.2) is 17.2 Å². The van der Waals surface area contributed by atoms with Gasteiger partial charge in [0.25, 0.3) is 5.91 Å². The molecule has 0 spiro atoms. The molecule has 1 heterocycles. The quantitative estimate of drug-likeness (QED) is 0.702. The summed E-state index contributed by atoms with van der Waals surface area (Å²) in [7, 11) is 4.40. The third kappa shape index (κ3) is 4.16. The van der Waals surface area contributed by atoms with E-state index in [-0.39, 0.29) is 24.7 Å². The summed E-state index contributed by atoms with van der Waals surface area (Å²) in [6, 6.07) is 3.07. The molecule has 0 radical (unpaired) electrons. The molecule has 25 heavy (non-hydrogen) atoms. The largest absolute Gasteiger partial charge is 0.493 e. The predicted octanol–water partition coefficient (Wildman–Crippen LogP) is 0.432. The van der Waals surface area contributed by atoms with Gasteiger partial charge in [-0.1, -0.05) is 5.21 Å². The van der Waals surface area contributed by atoms with Crippen molar-refractivity contribution in [3.05, 3.63) is 29.6 Å². The first-order valence-corrected chi connectivity index (χ1v) is 7.21. The summed E-state index contributed by atoms with van der Waals surface area (Å²) < 4.78 is 16.9. The van der Waals surface area contributed by atoms with Crippen molar-refractivity contribution in [3.63, 3.8) is 0 Å². The summed E-state index contributed by atoms with van der Waals surface area (Å²) in [6.45, 7) is 0.508. The average Bonchev–Trinajstić information content (AvgIpc) is 3.09. The monoisotopic (exact) mass is 350 g/mol. The van der Waals surface area contributed by atoms with Crippen molar-refractivity contribution in [1.82, 2.24) is 20.3 Å². The van der Waals surface area contributed by atoms with Crippen LogP contribution in [0.4, 0.5) is 0 Å². The lowest BCUT2D eigenvalue weighted by Gasteiger charge is -2.14. The summed E-state index contributed by atoms with van der Waals surface area (Å²) in [5.74, 6) is -0.375. The zero-order chi connectivity index (χ0) is 18.4. The van der Waals surface area contributed by atoms with E-state index in [0.29, 0.717) is 22.8 Å². The van der Waals surface area contributed by atoms with Crippen LogP contribution in [-0.4, -0.2) is 59.9 Å². The highest BCUT2D eigenvalue weighted by molar-refractivity contribution is 5.95. The summed E-state index contributed by atoms with van der Waals surface area (Å²) in [5, 5.41) is 18.6. The number of aromatic nitrogens is 3. The number of carboxylic acid groups (broad SMARTS) is 1. The Morgan fingerprint density at radius 3 is 2.28 bits per heavy atom. The van der Waals surface area contributed by atoms with Crippen molar-refractivity contribution < 1.29 is 28.9 Å². The number of amides is 1. The topological polar surface area (TPSA) is 125 Å². The Balaban J connectivity index is 2.03. The van der Waals surface area contributed by atoms with Crippen LogP contribution in [0, 0.1) is 0 Å². The van der Waals surface area contributed by atoms with Gasteiger partial charge >= 0.3 is 5.97 Å². The van der Waals surface area contributed by atoms with Crippen LogP contribution in [0.5, 0.6) is 17.2 Å². The smallest absolute Gasteiger partial charge is 0.358 e. The number of benzene rings is 1. The minimum absolute atomic E-state index is 0.157. The number of rotatable bonds is 8. The van der Waals surface area contributed by atoms with Crippen LogP contribution in [0.2, 0.25) is 0 Å². The maximum absolute atomic E-state index is 12.3. The fourth-order valence-electron chi connectivity index (χ4n) is 2.10. The first-order chi connectivity index (χ1) is 12.0. The lowest BCUT2D eigenvalue weighted by molar-refractivity contribution is 0.0690. The molecule has 0 unspecified atom stereocenters. The van der Waals surface area contributed by atoms with Gasteiger partial charge in [0.2, 0.25) is 5.75 Å². The van der Waals surface area contributed by atoms with E-state index in [2.05, 4.69) is 15.6 Å². The first kappa shape index (κ1) is 18.0. The van der Waals surface area contributed by atoms with Crippen LogP contribution in [0.15, 0.2) is 18.3 Å². The molecule has 0 aliphatic rings. The van der Waals surface area contributed by atoms with Crippen molar-refractivity contribution in [1.29, 1.82) is 0 Å². The first-order valence-electron chi connectivity index (χ1n) is 7.21. The molecule has 0 fully saturated rings. The van der Waals surface area contributed by atoms with E-state index in [0.717, 1.165) is 0 Å². The minimum atomic E-state index is -1.16. The SMILES string of the molecule is COc1cc(C(=O)NCCn2cc(C(=O)O)nn2)cc(OC)c1OC. The Hall–Kier alpha value is -3.30. The number of ether oxygens (including phenoxy) is 3. The van der Waals surface area contributed by atoms with Crippen molar-refractivity contribution in [2.75, 3.05) is 27.9 Å². The molecule has 1 aromatic heterocycles. The fraction of sp³-hybridized carbons (Fsp3) is 0.333. The zero-order valence-electron chi connectivity index (χ0n) is 14.0. The van der Waals surface area contributed by atoms with Crippen LogP contribution < -0.4 is 19.5 Å². The predicted molar refractivity (Wildman–Crippen MR) is 85.4 cm³/mol. The van der Waals surface area contributed by atoms with Crippen molar-refractivity contribution in [2.45, 2.75) is 6.54 Å². The Morgan fingerprint density at radius 1 is 1.16 bits per heavy atom. The molecule has 0 bridgehead atoms. The number of carboxylic acids is 1. The van der Waals surface area contributed by atoms with Gasteiger partial charge in [-0.2, -0.15) is 0 Å². The van der Waals surface area contributed by atoms with Gasteiger partial charge in [0, 0.05) is 12.1 Å². The molecule has 0 saturated heterocycles. The fourth-order valence-corrected chi connectivity index (χ4v) is 2.10. The van der Waals surface area contributed by atoms with Gasteiger partial charge in [-0.05, 0) is 12.1 Å². The van der Waals surface area contributed by atoms with E-state index in [1.54, 1.807) is 0 Å². The zero-order valence-corrected chi connectivity index (χ0v) is 14.0. The molecular formula is C15H18N4O6. The maximum atomic E-state index is 12.3. The summed E-state index contributed by atoms with van der Waals surface area (Å²) in [5.41, 5.74) is 0.176. The van der Waals surface area contributed by atoms with E-state index < -0.39 is 5.97 Å². The second-order valence-corrected chi connectivity index (χ2v) is 4.84. The Bertz CT molecular complexity index is 748. The Morgan fingerprint density at radius 2 is 1.80 bits per heavy atom. The molecule has 0 saturated carbocycles. The summed E-state index contributed by atoms with van der Waals surface area (Å²) in [4.78, 5) is 23.0. The van der Waals surface area contributed by atoms with Crippen molar-refractivity contribution >= 4 is 11.9 Å². The van der Waals surface area contributed by atoms with Crippen molar-refractivity contribution in [3.8, 4) is 17.2 Å². The number of hydrogen-bond acceptors (Lipinski definition) is 7. The van der Waals surface area contributed by atoms with Crippen molar-refractivity contribution in [2.24, 2.45) is 0 Å². The number of nitrogens with zero attached hydrogens (tertiary/aromatic N) is 3. The van der Waals surface area contributed by atoms with Crippen LogP contribution >= 0.6 is 0 Å². The number of carbonyl (C=O) groups excluding carboxylic acids is 1. The summed E-state index contributed by atoms with van der Waals surface area (Å²) in [6.07, 6.45) is 1.29. The number of nitrogens with one attached hydrogen (secondary N) is 1. The second kappa shape index (κ2) is 7.99. The minimum Gasteiger partial charge on any atom is -0.493 e. The van der Waals surface area contributed by atoms with Crippen LogP contribution in [0.3, 0.4) is 0 Å². The molecule has 1 aromatic carbocycles. The van der Waals surface area contributed by atoms with Crippen LogP contribution in [-0.2, 0) is 6.54 Å². The van der Waals surface area contributed by atoms with Crippen LogP contribution in [0.1, 0.15) is 20.8 Å². The van der Waals surface area contributed by atoms with Gasteiger partial charge in [0.1, 0.15) is 0 Å². The Kier molecular flexibility index (Phi) is 5.77. The molecule has 10 nitrogen and oxygen atoms in total. The third-order valence-electron chi connectivity index (χ3n) is 3.31. The lowest BCUT2D eigenvalue weighted by atomic mass is 10.1. The summed E-state index contributed by atoms with van der Waals surface area (Å²) >= 11 is 0. The van der Waals surface area contributed by atoms with Gasteiger partial charge in [-0.25, -0.2) is 9.48 Å². The van der Waals surface area contributed by atoms with Gasteiger partial charge in [0.05, 0.1) is 34.1 Å². The molecule has 2 N–H and O–H groups in total. The molecule has 0 aliphatic carbocycles. The molecule has 2 rings (SSSR count). The molecule has 134 valence electrons. The molecular weight excluding hydrogens is 332 g/mol. The van der Waals surface area contributed by atoms with E-state index in [1.807, 2.05) is 0 Å². The molecule has 1 amide bonds. The lowest BCUT2D eigenvalue weighted by Crippen LogP contribution is -2.27. The standard InChI is InChI=1S/C15H18N4O6/c1-23-11-6-9(7-12(24-2)13(11)25-3)14(20)16-4-5-19-8-10(15(21)22)17-18-19/h6-8H,4-5H2,1-3H3,(H,16,20)(H,21,22). The second-order valence-electron chi connectivity index (χ2n) is 4.84. The number of carbonyl (C=O) groups is 2. The highest BCUT2D eigenvalue weighted by Crippen LogP contribution is 2.38. The molecule has 2 aromatic rings. The van der Waals surface area contributed by atoms with E-state index in [4.69, 9.17) is 19.3 Å². The third-order valence-corrected chi connectivity index (χ3v) is 3.31. The average molecular weight is 350 g/mol. The van der Waals surface area contributed by atoms with E-state index >= 15 is 0 Å². The number of hydrogen-bond donors (Lipinski definition) is 2. The molecule has 10 heteroatoms. The van der Waals surface area contributed by atoms with Gasteiger partial charge in [-0.15, -0.1) is 5.10 Å². The number of methoxy groups -OCH3 is 3. The number of aromatic carboxylic acids is 1. The van der Waals surface area contributed by atoms with Gasteiger partial charge in [-0.3, -0.25) is 4.79 Å². The Labute approximate surface area is 143 Å². The highest BCUT2D eigenvalue weighted by Gasteiger charge is 2.17. The molecule has 0 atom stereocenters. The normalized spacial score (nSPS) is 10.2. The maximum Gasteiger partial charge on any atom is 0.358 e. The van der Waals surface area contributed by atoms with E-state index in [1.165, 1.54) is 44.3 Å². The van der Waals surface area contributed by atoms with E-state index in [9.17, 15) is 9.59 Å². The molecule has 0 aliphatic heterocycles.